The zero-order valence-corrected chi connectivity index (χ0v) is 27.4. The van der Waals surface area contributed by atoms with Crippen LogP contribution in [0.1, 0.15) is 49.4 Å². The van der Waals surface area contributed by atoms with Crippen molar-refractivity contribution in [2.24, 2.45) is 4.99 Å². The molecule has 1 aliphatic rings. The smallest absolute Gasteiger partial charge is 0.338 e. The number of fused-ring (bicyclic) bond motifs is 2. The molecule has 0 amide bonds. The molecule has 0 bridgehead atoms. The molecule has 234 valence electrons. The number of methoxy groups -OCH3 is 1. The molecule has 0 radical (unpaired) electrons. The van der Waals surface area contributed by atoms with Crippen molar-refractivity contribution in [3.8, 4) is 11.5 Å². The lowest BCUT2D eigenvalue weighted by atomic mass is 9.93. The topological polar surface area (TPSA) is 79.1 Å². The lowest BCUT2D eigenvalue weighted by Gasteiger charge is -2.27. The minimum Gasteiger partial charge on any atom is -0.496 e. The summed E-state index contributed by atoms with van der Waals surface area (Å²) in [5.41, 5.74) is 2.99. The number of carbonyl (C=O) groups excluding carboxylic acids is 1. The maximum atomic E-state index is 14.5. The number of thiazole rings is 1. The molecule has 1 aromatic heterocycles. The Balaban J connectivity index is 1.59. The molecule has 0 aliphatic carbocycles. The first-order valence-electron chi connectivity index (χ1n) is 15.2. The number of halogens is 1. The van der Waals surface area contributed by atoms with Gasteiger partial charge in [-0.2, -0.15) is 0 Å². The van der Waals surface area contributed by atoms with Gasteiger partial charge in [-0.05, 0) is 60.0 Å². The zero-order chi connectivity index (χ0) is 32.2. The summed E-state index contributed by atoms with van der Waals surface area (Å²) in [5.74, 6) is 0.621. The Kier molecular flexibility index (Phi) is 9.38. The lowest BCUT2D eigenvalue weighted by molar-refractivity contribution is -0.139. The molecule has 46 heavy (non-hydrogen) atoms. The molecule has 0 N–H and O–H groups in total. The molecule has 0 unspecified atom stereocenters. The van der Waals surface area contributed by atoms with Crippen LogP contribution in [0.25, 0.3) is 16.8 Å². The minimum absolute atomic E-state index is 0.179. The maximum absolute atomic E-state index is 14.5. The SMILES string of the molecule is CCCC1=C(C(=O)OCC)[C@@H](c2cc(Cl)ccc2OC)n2c(s/c(=C/c3c(OCc4ccccc4)ccc4ccccc34)c2=O)=N1. The van der Waals surface area contributed by atoms with E-state index >= 15 is 0 Å². The second-order valence-electron chi connectivity index (χ2n) is 10.8. The summed E-state index contributed by atoms with van der Waals surface area (Å²) in [6, 6.07) is 26.2. The third kappa shape index (κ3) is 6.10. The highest BCUT2D eigenvalue weighted by Crippen LogP contribution is 2.38. The van der Waals surface area contributed by atoms with Gasteiger partial charge in [-0.1, -0.05) is 96.9 Å². The van der Waals surface area contributed by atoms with E-state index in [1.54, 1.807) is 36.8 Å². The fraction of sp³-hybridized carbons (Fsp3) is 0.216. The van der Waals surface area contributed by atoms with Crippen LogP contribution in [0, 0.1) is 0 Å². The van der Waals surface area contributed by atoms with Crippen molar-refractivity contribution < 1.29 is 19.0 Å². The van der Waals surface area contributed by atoms with Crippen molar-refractivity contribution in [3.05, 3.63) is 138 Å². The van der Waals surface area contributed by atoms with Crippen LogP contribution in [0.5, 0.6) is 11.5 Å². The van der Waals surface area contributed by atoms with Gasteiger partial charge in [0.25, 0.3) is 5.56 Å². The van der Waals surface area contributed by atoms with Gasteiger partial charge in [0.1, 0.15) is 24.1 Å². The average molecular weight is 653 g/mol. The van der Waals surface area contributed by atoms with Gasteiger partial charge in [-0.3, -0.25) is 9.36 Å². The summed E-state index contributed by atoms with van der Waals surface area (Å²) >= 11 is 7.76. The number of nitrogens with zero attached hydrogens (tertiary/aromatic N) is 2. The second-order valence-corrected chi connectivity index (χ2v) is 12.2. The molecule has 1 atom stereocenters. The zero-order valence-electron chi connectivity index (χ0n) is 25.8. The van der Waals surface area contributed by atoms with Gasteiger partial charge in [0.2, 0.25) is 0 Å². The van der Waals surface area contributed by atoms with Crippen LogP contribution in [0.3, 0.4) is 0 Å². The Morgan fingerprint density at radius 2 is 1.76 bits per heavy atom. The number of benzene rings is 4. The van der Waals surface area contributed by atoms with Crippen LogP contribution in [-0.4, -0.2) is 24.3 Å². The summed E-state index contributed by atoms with van der Waals surface area (Å²) in [6.45, 7) is 4.33. The number of aromatic nitrogens is 1. The van der Waals surface area contributed by atoms with Gasteiger partial charge in [-0.15, -0.1) is 0 Å². The fourth-order valence-electron chi connectivity index (χ4n) is 5.75. The van der Waals surface area contributed by atoms with Crippen LogP contribution in [0.4, 0.5) is 0 Å². The van der Waals surface area contributed by atoms with E-state index < -0.39 is 12.0 Å². The van der Waals surface area contributed by atoms with Crippen molar-refractivity contribution in [2.45, 2.75) is 39.3 Å². The molecule has 0 saturated heterocycles. The summed E-state index contributed by atoms with van der Waals surface area (Å²) < 4.78 is 19.6. The molecule has 1 aliphatic heterocycles. The quantitative estimate of drug-likeness (QED) is 0.152. The van der Waals surface area contributed by atoms with Crippen molar-refractivity contribution in [1.29, 1.82) is 0 Å². The molecule has 7 nitrogen and oxygen atoms in total. The lowest BCUT2D eigenvalue weighted by Crippen LogP contribution is -2.40. The Labute approximate surface area is 275 Å². The first kappa shape index (κ1) is 31.3. The molecule has 9 heteroatoms. The first-order valence-corrected chi connectivity index (χ1v) is 16.4. The molecule has 0 saturated carbocycles. The highest BCUT2D eigenvalue weighted by atomic mass is 35.5. The van der Waals surface area contributed by atoms with E-state index in [2.05, 4.69) is 0 Å². The average Bonchev–Trinajstić information content (AvgIpc) is 3.38. The van der Waals surface area contributed by atoms with Crippen molar-refractivity contribution >= 4 is 45.8 Å². The number of allylic oxidation sites excluding steroid dienone is 1. The van der Waals surface area contributed by atoms with Gasteiger partial charge in [0.15, 0.2) is 4.80 Å². The molecule has 4 aromatic carbocycles. The Bertz CT molecular complexity index is 2140. The predicted molar refractivity (Wildman–Crippen MR) is 182 cm³/mol. The van der Waals surface area contributed by atoms with Crippen molar-refractivity contribution in [1.82, 2.24) is 4.57 Å². The standard InChI is InChI=1S/C37H33ClN2O5S/c1-4-11-29-33(36(42)44-5-2)34(28-20-25(38)17-19-30(28)43-3)40-35(41)32(46-37(40)39-29)21-27-26-15-10-9-14-24(26)16-18-31(27)45-22-23-12-7-6-8-13-23/h6-10,12-21,34H,4-5,11,22H2,1-3H3/b32-21+/t34-/m1/s1. The normalized spacial score (nSPS) is 14.6. The highest BCUT2D eigenvalue weighted by Gasteiger charge is 2.36. The summed E-state index contributed by atoms with van der Waals surface area (Å²) in [6.07, 6.45) is 3.14. The highest BCUT2D eigenvalue weighted by molar-refractivity contribution is 7.07. The predicted octanol–water partition coefficient (Wildman–Crippen LogP) is 6.97. The Hall–Kier alpha value is -4.66. The van der Waals surface area contributed by atoms with Gasteiger partial charge in [-0.25, -0.2) is 9.79 Å². The summed E-state index contributed by atoms with van der Waals surface area (Å²) in [4.78, 5) is 33.5. The van der Waals surface area contributed by atoms with Crippen LogP contribution in [0.15, 0.2) is 106 Å². The van der Waals surface area contributed by atoms with E-state index in [0.29, 0.717) is 55.7 Å². The molecule has 2 heterocycles. The van der Waals surface area contributed by atoms with Gasteiger partial charge in [0.05, 0.1) is 29.5 Å². The van der Waals surface area contributed by atoms with Gasteiger partial charge < -0.3 is 14.2 Å². The third-order valence-electron chi connectivity index (χ3n) is 7.82. The van der Waals surface area contributed by atoms with Crippen LogP contribution in [-0.2, 0) is 16.1 Å². The summed E-state index contributed by atoms with van der Waals surface area (Å²) in [7, 11) is 1.55. The Morgan fingerprint density at radius 1 is 1.00 bits per heavy atom. The van der Waals surface area contributed by atoms with E-state index in [4.69, 9.17) is 30.8 Å². The van der Waals surface area contributed by atoms with E-state index in [1.807, 2.05) is 79.7 Å². The molecular formula is C37H33ClN2O5S. The number of carbonyl (C=O) groups is 1. The van der Waals surface area contributed by atoms with Crippen LogP contribution >= 0.6 is 22.9 Å². The number of esters is 1. The maximum Gasteiger partial charge on any atom is 0.338 e. The monoisotopic (exact) mass is 652 g/mol. The third-order valence-corrected chi connectivity index (χ3v) is 9.04. The fourth-order valence-corrected chi connectivity index (χ4v) is 6.93. The number of hydrogen-bond acceptors (Lipinski definition) is 7. The van der Waals surface area contributed by atoms with E-state index in [0.717, 1.165) is 28.3 Å². The second kappa shape index (κ2) is 13.8. The van der Waals surface area contributed by atoms with E-state index in [9.17, 15) is 9.59 Å². The number of hydrogen-bond donors (Lipinski definition) is 0. The Morgan fingerprint density at radius 3 is 2.52 bits per heavy atom. The van der Waals surface area contributed by atoms with Crippen molar-refractivity contribution in [2.75, 3.05) is 13.7 Å². The van der Waals surface area contributed by atoms with Crippen LogP contribution < -0.4 is 24.4 Å². The minimum atomic E-state index is -0.853. The molecule has 0 fully saturated rings. The number of rotatable bonds is 10. The van der Waals surface area contributed by atoms with Gasteiger partial charge in [0, 0.05) is 16.1 Å². The number of ether oxygens (including phenoxy) is 3. The van der Waals surface area contributed by atoms with Crippen LogP contribution in [0.2, 0.25) is 5.02 Å². The summed E-state index contributed by atoms with van der Waals surface area (Å²) in [5, 5.41) is 2.42. The van der Waals surface area contributed by atoms with Gasteiger partial charge >= 0.3 is 5.97 Å². The van der Waals surface area contributed by atoms with E-state index in [1.165, 1.54) is 11.3 Å². The molecule has 0 spiro atoms. The largest absolute Gasteiger partial charge is 0.496 e. The molecule has 6 rings (SSSR count). The molecule has 5 aromatic rings. The molecular weight excluding hydrogens is 620 g/mol. The van der Waals surface area contributed by atoms with E-state index in [-0.39, 0.29) is 12.2 Å². The van der Waals surface area contributed by atoms with Crippen molar-refractivity contribution in [3.63, 3.8) is 0 Å². The first-order chi connectivity index (χ1) is 22.4.